The van der Waals surface area contributed by atoms with Gasteiger partial charge in [0.1, 0.15) is 5.75 Å². The molecule has 0 saturated heterocycles. The molecular weight excluding hydrogens is 380 g/mol. The number of benzene rings is 3. The first-order valence-corrected chi connectivity index (χ1v) is 9.72. The molecular formula is C25H24O5. The Morgan fingerprint density at radius 3 is 1.87 bits per heavy atom. The molecule has 3 rings (SSSR count). The molecule has 5 heteroatoms. The van der Waals surface area contributed by atoms with Crippen molar-refractivity contribution in [3.8, 4) is 5.75 Å². The molecule has 0 unspecified atom stereocenters. The summed E-state index contributed by atoms with van der Waals surface area (Å²) < 4.78 is 16.8. The molecule has 0 aliphatic rings. The van der Waals surface area contributed by atoms with E-state index in [1.54, 1.807) is 24.3 Å². The van der Waals surface area contributed by atoms with Gasteiger partial charge in [0.15, 0.2) is 6.61 Å². The summed E-state index contributed by atoms with van der Waals surface area (Å²) in [6, 6.07) is 25.1. The average Bonchev–Trinajstić information content (AvgIpc) is 2.81. The minimum atomic E-state index is -1.47. The Bertz CT molecular complexity index is 943. The van der Waals surface area contributed by atoms with Gasteiger partial charge in [0.25, 0.3) is 0 Å². The monoisotopic (exact) mass is 404 g/mol. The van der Waals surface area contributed by atoms with Crippen molar-refractivity contribution in [2.24, 2.45) is 0 Å². The van der Waals surface area contributed by atoms with Crippen molar-refractivity contribution in [2.75, 3.05) is 20.3 Å². The van der Waals surface area contributed by atoms with Gasteiger partial charge in [-0.3, -0.25) is 4.79 Å². The van der Waals surface area contributed by atoms with Gasteiger partial charge < -0.3 is 14.2 Å². The van der Waals surface area contributed by atoms with Crippen molar-refractivity contribution in [1.29, 1.82) is 0 Å². The molecule has 0 radical (unpaired) electrons. The summed E-state index contributed by atoms with van der Waals surface area (Å²) in [6.45, 7) is 1.67. The van der Waals surface area contributed by atoms with E-state index in [0.29, 0.717) is 22.4 Å². The molecule has 5 nitrogen and oxygen atoms in total. The second-order valence-electron chi connectivity index (χ2n) is 6.55. The van der Waals surface area contributed by atoms with Crippen LogP contribution in [0.4, 0.5) is 0 Å². The Labute approximate surface area is 176 Å². The van der Waals surface area contributed by atoms with E-state index in [4.69, 9.17) is 14.2 Å². The summed E-state index contributed by atoms with van der Waals surface area (Å²) >= 11 is 0. The Morgan fingerprint density at radius 2 is 1.33 bits per heavy atom. The van der Waals surface area contributed by atoms with Crippen LogP contribution in [0.2, 0.25) is 0 Å². The van der Waals surface area contributed by atoms with Crippen LogP contribution >= 0.6 is 0 Å². The minimum Gasteiger partial charge on any atom is -0.496 e. The van der Waals surface area contributed by atoms with Gasteiger partial charge >= 0.3 is 5.97 Å². The van der Waals surface area contributed by atoms with Crippen molar-refractivity contribution in [1.82, 2.24) is 0 Å². The fourth-order valence-corrected chi connectivity index (χ4v) is 3.38. The third-order valence-electron chi connectivity index (χ3n) is 4.75. The van der Waals surface area contributed by atoms with E-state index < -0.39 is 18.2 Å². The Kier molecular flexibility index (Phi) is 6.99. The maximum atomic E-state index is 13.4. The first kappa shape index (κ1) is 21.3. The molecule has 0 aromatic heterocycles. The number of esters is 1. The molecule has 0 bridgehead atoms. The number of rotatable bonds is 9. The maximum absolute atomic E-state index is 13.4. The van der Waals surface area contributed by atoms with Crippen LogP contribution in [0.1, 0.15) is 28.4 Å². The summed E-state index contributed by atoms with van der Waals surface area (Å²) in [7, 11) is 1.49. The number of carbonyl (C=O) groups excluding carboxylic acids is 2. The van der Waals surface area contributed by atoms with E-state index in [1.807, 2.05) is 67.6 Å². The van der Waals surface area contributed by atoms with Gasteiger partial charge in [-0.05, 0) is 30.2 Å². The SMILES string of the molecule is CCOC(C(=O)OCC(=O)c1ccccc1OC)(c1ccccc1)c1ccccc1. The predicted molar refractivity (Wildman–Crippen MR) is 114 cm³/mol. The molecule has 0 fully saturated rings. The Morgan fingerprint density at radius 1 is 0.800 bits per heavy atom. The number of ketones is 1. The normalized spacial score (nSPS) is 11.0. The molecule has 154 valence electrons. The van der Waals surface area contributed by atoms with Gasteiger partial charge in [-0.2, -0.15) is 0 Å². The standard InChI is InChI=1S/C25H24O5/c1-3-30-25(19-12-6-4-7-13-19,20-14-8-5-9-15-20)24(27)29-18-22(26)21-16-10-11-17-23(21)28-2/h4-17H,3,18H2,1-2H3. The highest BCUT2D eigenvalue weighted by Crippen LogP contribution is 2.35. The summed E-state index contributed by atoms with van der Waals surface area (Å²) in [5.74, 6) is -0.571. The Balaban J connectivity index is 1.94. The molecule has 0 aliphatic carbocycles. The van der Waals surface area contributed by atoms with Crippen LogP contribution < -0.4 is 4.74 Å². The van der Waals surface area contributed by atoms with Crippen LogP contribution in [-0.2, 0) is 19.9 Å². The second-order valence-corrected chi connectivity index (χ2v) is 6.55. The molecule has 3 aromatic rings. The molecule has 0 atom stereocenters. The smallest absolute Gasteiger partial charge is 0.348 e. The average molecular weight is 404 g/mol. The number of para-hydroxylation sites is 1. The summed E-state index contributed by atoms with van der Waals surface area (Å²) in [5.41, 5.74) is 0.146. The number of hydrogen-bond acceptors (Lipinski definition) is 5. The number of hydrogen-bond donors (Lipinski definition) is 0. The minimum absolute atomic E-state index is 0.277. The first-order chi connectivity index (χ1) is 14.6. The quantitative estimate of drug-likeness (QED) is 0.391. The van der Waals surface area contributed by atoms with E-state index in [-0.39, 0.29) is 12.4 Å². The highest BCUT2D eigenvalue weighted by molar-refractivity contribution is 6.01. The molecule has 3 aromatic carbocycles. The fraction of sp³-hybridized carbons (Fsp3) is 0.200. The molecule has 0 spiro atoms. The van der Waals surface area contributed by atoms with Crippen LogP contribution in [0.25, 0.3) is 0 Å². The third-order valence-corrected chi connectivity index (χ3v) is 4.75. The fourth-order valence-electron chi connectivity index (χ4n) is 3.38. The zero-order valence-corrected chi connectivity index (χ0v) is 17.0. The van der Waals surface area contributed by atoms with Gasteiger partial charge in [0.05, 0.1) is 12.7 Å². The third kappa shape index (κ3) is 4.26. The molecule has 0 saturated carbocycles. The van der Waals surface area contributed by atoms with Crippen LogP contribution in [0.3, 0.4) is 0 Å². The van der Waals surface area contributed by atoms with Gasteiger partial charge in [-0.25, -0.2) is 4.79 Å². The Hall–Kier alpha value is -3.44. The van der Waals surface area contributed by atoms with Crippen molar-refractivity contribution >= 4 is 11.8 Å². The van der Waals surface area contributed by atoms with Crippen LogP contribution in [0.15, 0.2) is 84.9 Å². The van der Waals surface area contributed by atoms with Crippen molar-refractivity contribution in [3.05, 3.63) is 102 Å². The molecule has 0 aliphatic heterocycles. The molecule has 0 heterocycles. The lowest BCUT2D eigenvalue weighted by molar-refractivity contribution is -0.167. The van der Waals surface area contributed by atoms with E-state index >= 15 is 0 Å². The zero-order valence-electron chi connectivity index (χ0n) is 17.0. The second kappa shape index (κ2) is 9.85. The molecule has 30 heavy (non-hydrogen) atoms. The molecule has 0 amide bonds. The van der Waals surface area contributed by atoms with Crippen molar-refractivity contribution in [2.45, 2.75) is 12.5 Å². The largest absolute Gasteiger partial charge is 0.496 e. The number of ether oxygens (including phenoxy) is 3. The summed E-state index contributed by atoms with van der Waals surface area (Å²) in [5, 5.41) is 0. The van der Waals surface area contributed by atoms with E-state index in [1.165, 1.54) is 7.11 Å². The van der Waals surface area contributed by atoms with Gasteiger partial charge in [-0.1, -0.05) is 72.8 Å². The van der Waals surface area contributed by atoms with Crippen molar-refractivity contribution < 1.29 is 23.8 Å². The van der Waals surface area contributed by atoms with Gasteiger partial charge in [0.2, 0.25) is 11.4 Å². The number of carbonyl (C=O) groups is 2. The lowest BCUT2D eigenvalue weighted by Gasteiger charge is -2.32. The number of Topliss-reactive ketones (excluding diaryl/α,β-unsaturated/α-hetero) is 1. The summed E-state index contributed by atoms with van der Waals surface area (Å²) in [4.78, 5) is 26.1. The van der Waals surface area contributed by atoms with Crippen LogP contribution in [0, 0.1) is 0 Å². The van der Waals surface area contributed by atoms with E-state index in [9.17, 15) is 9.59 Å². The molecule has 0 N–H and O–H groups in total. The number of methoxy groups -OCH3 is 1. The van der Waals surface area contributed by atoms with E-state index in [2.05, 4.69) is 0 Å². The van der Waals surface area contributed by atoms with Crippen molar-refractivity contribution in [3.63, 3.8) is 0 Å². The highest BCUT2D eigenvalue weighted by atomic mass is 16.6. The van der Waals surface area contributed by atoms with E-state index in [0.717, 1.165) is 0 Å². The highest BCUT2D eigenvalue weighted by Gasteiger charge is 2.45. The van der Waals surface area contributed by atoms with Crippen LogP contribution in [-0.4, -0.2) is 32.1 Å². The maximum Gasteiger partial charge on any atom is 0.348 e. The topological polar surface area (TPSA) is 61.8 Å². The van der Waals surface area contributed by atoms with Gasteiger partial charge in [0, 0.05) is 6.61 Å². The lowest BCUT2D eigenvalue weighted by Crippen LogP contribution is -2.42. The van der Waals surface area contributed by atoms with Gasteiger partial charge in [-0.15, -0.1) is 0 Å². The zero-order chi connectivity index (χ0) is 21.4. The predicted octanol–water partition coefficient (Wildman–Crippen LogP) is 4.40. The summed E-state index contributed by atoms with van der Waals surface area (Å²) in [6.07, 6.45) is 0. The lowest BCUT2D eigenvalue weighted by atomic mass is 9.86. The first-order valence-electron chi connectivity index (χ1n) is 9.72. The van der Waals surface area contributed by atoms with Crippen LogP contribution in [0.5, 0.6) is 5.75 Å².